The van der Waals surface area contributed by atoms with Crippen LogP contribution in [0.2, 0.25) is 0 Å². The van der Waals surface area contributed by atoms with Gasteiger partial charge in [-0.2, -0.15) is 5.10 Å². The first-order chi connectivity index (χ1) is 21.2. The van der Waals surface area contributed by atoms with E-state index in [-0.39, 0.29) is 36.7 Å². The first kappa shape index (κ1) is 16.0. The summed E-state index contributed by atoms with van der Waals surface area (Å²) in [6.07, 6.45) is 3.13. The monoisotopic (exact) mass is 666 g/mol. The van der Waals surface area contributed by atoms with Gasteiger partial charge in [0.2, 0.25) is 0 Å². The average molecular weight is 666 g/mol. The van der Waals surface area contributed by atoms with Crippen LogP contribution in [0.1, 0.15) is 29.2 Å². The molecule has 183 valence electrons. The SMILES string of the molecule is [2H]C([2H])([2H])c1ccc(-c2[c-]cccc2)nc1.[2H]C([2H])([2H])c1nn2c(c1C([2H])([2H])[2H])c1ccc[c-]c1c1ncc3ccccc3c12.[Ir]. The van der Waals surface area contributed by atoms with Gasteiger partial charge in [-0.15, -0.1) is 65.5 Å². The maximum atomic E-state index is 8.04. The second kappa shape index (κ2) is 10.2. The molecule has 5 heteroatoms. The first-order valence-electron chi connectivity index (χ1n) is 15.7. The largest absolute Gasteiger partial charge is 0.304 e. The third-order valence-electron chi connectivity index (χ3n) is 5.97. The summed E-state index contributed by atoms with van der Waals surface area (Å²) in [5.41, 5.74) is 2.59. The van der Waals surface area contributed by atoms with Crippen molar-refractivity contribution in [1.29, 1.82) is 0 Å². The summed E-state index contributed by atoms with van der Waals surface area (Å²) in [5.74, 6) is 0. The molecule has 0 aliphatic carbocycles. The predicted molar refractivity (Wildman–Crippen MR) is 147 cm³/mol. The Bertz CT molecular complexity index is 2170. The van der Waals surface area contributed by atoms with Crippen LogP contribution in [0.5, 0.6) is 0 Å². The number of hydrogen-bond acceptors (Lipinski definition) is 3. The molecule has 0 N–H and O–H groups in total. The predicted octanol–water partition coefficient (Wildman–Crippen LogP) is 7.46. The zero-order valence-electron chi connectivity index (χ0n) is 28.3. The maximum absolute atomic E-state index is 8.04. The van der Waals surface area contributed by atoms with Crippen molar-refractivity contribution in [2.45, 2.75) is 20.6 Å². The molecule has 0 fully saturated rings. The number of pyridine rings is 3. The standard InChI is InChI=1S/C20H14N3.C12H10N.Ir/c1-12-13(2)22-23-19(12)17-10-6-5-9-16(17)18-20(23)15-8-4-3-7-14(15)11-21-18;1-10-7-8-12(13-9-10)11-5-3-2-4-6-11;/h3-8,10-11H,1-2H3;2-5,7-9H,1H3;/q2*-1;/i1D3,2D3;1D3;. The van der Waals surface area contributed by atoms with E-state index in [0.29, 0.717) is 21.8 Å². The van der Waals surface area contributed by atoms with Crippen LogP contribution in [-0.2, 0) is 20.1 Å². The number of aryl methyl sites for hydroxylation is 3. The van der Waals surface area contributed by atoms with Gasteiger partial charge in [-0.05, 0) is 37.4 Å². The normalized spacial score (nSPS) is 15.5. The van der Waals surface area contributed by atoms with E-state index in [1.165, 1.54) is 10.7 Å². The van der Waals surface area contributed by atoms with Gasteiger partial charge in [0.05, 0.1) is 11.2 Å². The molecule has 37 heavy (non-hydrogen) atoms. The van der Waals surface area contributed by atoms with Crippen LogP contribution >= 0.6 is 0 Å². The summed E-state index contributed by atoms with van der Waals surface area (Å²) in [7, 11) is 0. The Balaban J connectivity index is 0.000000209. The number of nitrogens with zero attached hydrogens (tertiary/aromatic N) is 4. The molecule has 0 spiro atoms. The summed E-state index contributed by atoms with van der Waals surface area (Å²) < 4.78 is 70.9. The Morgan fingerprint density at radius 1 is 0.757 bits per heavy atom. The van der Waals surface area contributed by atoms with Crippen molar-refractivity contribution in [3.8, 4) is 11.3 Å². The van der Waals surface area contributed by atoms with Gasteiger partial charge in [-0.3, -0.25) is 0 Å². The summed E-state index contributed by atoms with van der Waals surface area (Å²) in [5, 5.41) is 7.15. The molecular formula is C32H24IrN4-2. The Morgan fingerprint density at radius 2 is 1.62 bits per heavy atom. The van der Waals surface area contributed by atoms with E-state index in [0.717, 1.165) is 22.0 Å². The second-order valence-electron chi connectivity index (χ2n) is 8.19. The number of fused-ring (bicyclic) bond motifs is 8. The molecular weight excluding hydrogens is 633 g/mol. The van der Waals surface area contributed by atoms with Crippen LogP contribution in [0.4, 0.5) is 0 Å². The molecule has 0 atom stereocenters. The molecule has 4 heterocycles. The smallest absolute Gasteiger partial charge is 0.0624 e. The van der Waals surface area contributed by atoms with Crippen LogP contribution < -0.4 is 0 Å². The Hall–Kier alpha value is -3.92. The van der Waals surface area contributed by atoms with E-state index in [9.17, 15) is 0 Å². The molecule has 0 unspecified atom stereocenters. The molecule has 0 saturated carbocycles. The van der Waals surface area contributed by atoms with Crippen molar-refractivity contribution >= 4 is 38.1 Å². The number of aromatic nitrogens is 4. The maximum Gasteiger partial charge on any atom is 0.0624 e. The van der Waals surface area contributed by atoms with Crippen LogP contribution in [0.3, 0.4) is 0 Å². The Morgan fingerprint density at radius 3 is 2.41 bits per heavy atom. The van der Waals surface area contributed by atoms with Crippen LogP contribution in [0.25, 0.3) is 49.4 Å². The zero-order chi connectivity index (χ0) is 32.1. The minimum absolute atomic E-state index is 0. The molecule has 7 aromatic rings. The molecule has 1 radical (unpaired) electrons. The topological polar surface area (TPSA) is 43.1 Å². The van der Waals surface area contributed by atoms with Gasteiger partial charge < -0.3 is 9.97 Å². The molecule has 3 aromatic carbocycles. The molecule has 4 aromatic heterocycles. The third kappa shape index (κ3) is 4.42. The fourth-order valence-electron chi connectivity index (χ4n) is 4.31. The molecule has 0 aliphatic heterocycles. The van der Waals surface area contributed by atoms with Crippen LogP contribution in [0.15, 0.2) is 91.3 Å². The molecule has 7 rings (SSSR count). The van der Waals surface area contributed by atoms with E-state index < -0.39 is 26.2 Å². The van der Waals surface area contributed by atoms with E-state index in [1.54, 1.807) is 42.6 Å². The summed E-state index contributed by atoms with van der Waals surface area (Å²) >= 11 is 0. The summed E-state index contributed by atoms with van der Waals surface area (Å²) in [6, 6.07) is 29.7. The van der Waals surface area contributed by atoms with Crippen LogP contribution in [0, 0.1) is 32.7 Å². The van der Waals surface area contributed by atoms with Crippen molar-refractivity contribution in [2.24, 2.45) is 0 Å². The average Bonchev–Trinajstić information content (AvgIpc) is 3.44. The van der Waals surface area contributed by atoms with Crippen molar-refractivity contribution in [3.05, 3.63) is 120 Å². The summed E-state index contributed by atoms with van der Waals surface area (Å²) in [6.45, 7) is -7.42. The first-order valence-corrected chi connectivity index (χ1v) is 11.2. The van der Waals surface area contributed by atoms with Crippen molar-refractivity contribution in [1.82, 2.24) is 19.6 Å². The minimum Gasteiger partial charge on any atom is -0.304 e. The quantitative estimate of drug-likeness (QED) is 0.135. The number of benzene rings is 3. The van der Waals surface area contributed by atoms with Crippen molar-refractivity contribution in [2.75, 3.05) is 0 Å². The van der Waals surface area contributed by atoms with Gasteiger partial charge in [0.1, 0.15) is 0 Å². The fourth-order valence-corrected chi connectivity index (χ4v) is 4.31. The van der Waals surface area contributed by atoms with Gasteiger partial charge in [-0.25, -0.2) is 4.52 Å². The van der Waals surface area contributed by atoms with E-state index in [2.05, 4.69) is 27.2 Å². The Labute approximate surface area is 242 Å². The van der Waals surface area contributed by atoms with Crippen molar-refractivity contribution < 1.29 is 32.4 Å². The molecule has 0 saturated heterocycles. The summed E-state index contributed by atoms with van der Waals surface area (Å²) in [4.78, 5) is 8.70. The van der Waals surface area contributed by atoms with Crippen LogP contribution in [-0.4, -0.2) is 19.6 Å². The van der Waals surface area contributed by atoms with E-state index >= 15 is 0 Å². The van der Waals surface area contributed by atoms with Gasteiger partial charge in [0, 0.05) is 66.6 Å². The Kier molecular flexibility index (Phi) is 4.43. The zero-order valence-corrected chi connectivity index (χ0v) is 21.7. The number of rotatable bonds is 1. The van der Waals surface area contributed by atoms with Gasteiger partial charge in [-0.1, -0.05) is 41.8 Å². The number of hydrogen-bond donors (Lipinski definition) is 0. The van der Waals surface area contributed by atoms with Gasteiger partial charge in [0.15, 0.2) is 0 Å². The molecule has 0 aliphatic rings. The fraction of sp³-hybridized carbons (Fsp3) is 0.0938. The second-order valence-corrected chi connectivity index (χ2v) is 8.19. The van der Waals surface area contributed by atoms with Crippen molar-refractivity contribution in [3.63, 3.8) is 0 Å². The van der Waals surface area contributed by atoms with E-state index in [4.69, 9.17) is 12.3 Å². The van der Waals surface area contributed by atoms with Gasteiger partial charge >= 0.3 is 0 Å². The molecule has 0 amide bonds. The third-order valence-corrected chi connectivity index (χ3v) is 5.97. The molecule has 4 nitrogen and oxygen atoms in total. The van der Waals surface area contributed by atoms with Gasteiger partial charge in [0.25, 0.3) is 0 Å². The van der Waals surface area contributed by atoms with E-state index in [1.807, 2.05) is 42.5 Å². The molecule has 0 bridgehead atoms. The minimum atomic E-state index is -2.68.